The largest absolute Gasteiger partial charge is 0.384 e. The van der Waals surface area contributed by atoms with E-state index in [-0.39, 0.29) is 11.9 Å². The number of carbonyl (C=O) groups is 1. The van der Waals surface area contributed by atoms with Gasteiger partial charge in [-0.15, -0.1) is 0 Å². The molecule has 1 aliphatic carbocycles. The van der Waals surface area contributed by atoms with Crippen LogP contribution in [0.1, 0.15) is 30.7 Å². The summed E-state index contributed by atoms with van der Waals surface area (Å²) in [6.07, 6.45) is 8.16. The molecule has 0 unspecified atom stereocenters. The van der Waals surface area contributed by atoms with Gasteiger partial charge in [-0.3, -0.25) is 4.79 Å². The predicted molar refractivity (Wildman–Crippen MR) is 100 cm³/mol. The molecule has 1 aliphatic heterocycles. The highest BCUT2D eigenvalue weighted by molar-refractivity contribution is 5.91. The molecule has 2 N–H and O–H groups in total. The number of nitrogens with one attached hydrogen (secondary N) is 2. The Bertz CT molecular complexity index is 817. The van der Waals surface area contributed by atoms with Crippen LogP contribution in [0.15, 0.2) is 25.2 Å². The quantitative estimate of drug-likeness (QED) is 0.777. The molecule has 7 heteroatoms. The molecule has 4 rings (SSSR count). The van der Waals surface area contributed by atoms with Gasteiger partial charge in [0, 0.05) is 39.0 Å². The monoisotopic (exact) mass is 355 g/mol. The van der Waals surface area contributed by atoms with E-state index in [1.807, 2.05) is 4.90 Å². The number of rotatable bonds is 6. The third kappa shape index (κ3) is 3.19. The number of nitrogens with zero attached hydrogens (tertiary/aromatic N) is 3. The SMILES string of the molecule is C=CC(=O)N1CCC[C@@H](Nc2ncnc3[nH]cc([C@H]4C[C@@H]4COC)c23)C1. The van der Waals surface area contributed by atoms with Gasteiger partial charge < -0.3 is 19.9 Å². The molecular weight excluding hydrogens is 330 g/mol. The maximum atomic E-state index is 11.9. The first-order valence-corrected chi connectivity index (χ1v) is 9.20. The first-order valence-electron chi connectivity index (χ1n) is 9.20. The number of fused-ring (bicyclic) bond motifs is 1. The number of hydrogen-bond acceptors (Lipinski definition) is 5. The van der Waals surface area contributed by atoms with E-state index in [1.54, 1.807) is 13.4 Å². The highest BCUT2D eigenvalue weighted by Gasteiger charge is 2.40. The molecule has 3 heterocycles. The average Bonchev–Trinajstić information content (AvgIpc) is 3.28. The third-order valence-corrected chi connectivity index (χ3v) is 5.45. The van der Waals surface area contributed by atoms with Crippen LogP contribution in [0.25, 0.3) is 11.0 Å². The molecule has 0 spiro atoms. The molecule has 0 bridgehead atoms. The van der Waals surface area contributed by atoms with Gasteiger partial charge in [-0.05, 0) is 42.7 Å². The van der Waals surface area contributed by atoms with Crippen LogP contribution >= 0.6 is 0 Å². The molecule has 2 aliphatic rings. The van der Waals surface area contributed by atoms with E-state index in [9.17, 15) is 4.79 Å². The number of H-pyrrole nitrogens is 1. The molecule has 1 saturated carbocycles. The Hall–Kier alpha value is -2.41. The standard InChI is InChI=1S/C19H25N5O2/c1-3-16(25)24-6-4-5-13(9-24)23-19-17-15(14-7-12(14)10-26-2)8-20-18(17)21-11-22-19/h3,8,11-14H,1,4-7,9-10H2,2H3,(H2,20,21,22,23)/t12-,13-,14+/m1/s1. The van der Waals surface area contributed by atoms with Gasteiger partial charge in [0.15, 0.2) is 0 Å². The van der Waals surface area contributed by atoms with Crippen LogP contribution in [0.2, 0.25) is 0 Å². The molecule has 26 heavy (non-hydrogen) atoms. The molecule has 138 valence electrons. The molecule has 1 amide bonds. The predicted octanol–water partition coefficient (Wildman–Crippen LogP) is 2.30. The van der Waals surface area contributed by atoms with Crippen LogP contribution < -0.4 is 5.32 Å². The molecule has 2 fully saturated rings. The summed E-state index contributed by atoms with van der Waals surface area (Å²) >= 11 is 0. The zero-order chi connectivity index (χ0) is 18.1. The highest BCUT2D eigenvalue weighted by Crippen LogP contribution is 2.50. The molecular formula is C19H25N5O2. The van der Waals surface area contributed by atoms with Crippen molar-refractivity contribution in [2.75, 3.05) is 32.1 Å². The van der Waals surface area contributed by atoms with E-state index in [1.165, 1.54) is 11.6 Å². The maximum absolute atomic E-state index is 11.9. The van der Waals surface area contributed by atoms with Gasteiger partial charge in [0.1, 0.15) is 17.8 Å². The number of hydrogen-bond donors (Lipinski definition) is 2. The molecule has 0 radical (unpaired) electrons. The normalized spacial score (nSPS) is 25.3. The zero-order valence-electron chi connectivity index (χ0n) is 15.1. The Morgan fingerprint density at radius 1 is 1.54 bits per heavy atom. The van der Waals surface area contributed by atoms with Gasteiger partial charge in [0.25, 0.3) is 0 Å². The maximum Gasteiger partial charge on any atom is 0.246 e. The van der Waals surface area contributed by atoms with E-state index in [0.29, 0.717) is 18.4 Å². The lowest BCUT2D eigenvalue weighted by molar-refractivity contribution is -0.127. The molecule has 3 atom stereocenters. The fourth-order valence-electron chi connectivity index (χ4n) is 4.03. The van der Waals surface area contributed by atoms with Crippen molar-refractivity contribution >= 4 is 22.8 Å². The van der Waals surface area contributed by atoms with Crippen molar-refractivity contribution in [3.8, 4) is 0 Å². The summed E-state index contributed by atoms with van der Waals surface area (Å²) in [5.74, 6) is 1.92. The average molecular weight is 355 g/mol. The molecule has 2 aromatic rings. The number of amides is 1. The Morgan fingerprint density at radius 3 is 3.23 bits per heavy atom. The van der Waals surface area contributed by atoms with Gasteiger partial charge in [0.05, 0.1) is 5.39 Å². The van der Waals surface area contributed by atoms with Crippen LogP contribution in [0.3, 0.4) is 0 Å². The third-order valence-electron chi connectivity index (χ3n) is 5.45. The van der Waals surface area contributed by atoms with Crippen molar-refractivity contribution < 1.29 is 9.53 Å². The minimum Gasteiger partial charge on any atom is -0.384 e. The summed E-state index contributed by atoms with van der Waals surface area (Å²) in [6, 6.07) is 0.183. The van der Waals surface area contributed by atoms with Crippen LogP contribution in [0, 0.1) is 5.92 Å². The van der Waals surface area contributed by atoms with Crippen LogP contribution in [-0.2, 0) is 9.53 Å². The van der Waals surface area contributed by atoms with E-state index < -0.39 is 0 Å². The van der Waals surface area contributed by atoms with Crippen molar-refractivity contribution in [2.45, 2.75) is 31.2 Å². The summed E-state index contributed by atoms with van der Waals surface area (Å²) in [4.78, 5) is 25.9. The van der Waals surface area contributed by atoms with E-state index >= 15 is 0 Å². The fraction of sp³-hybridized carbons (Fsp3) is 0.526. The van der Waals surface area contributed by atoms with Gasteiger partial charge >= 0.3 is 0 Å². The molecule has 1 saturated heterocycles. The number of ether oxygens (including phenoxy) is 1. The topological polar surface area (TPSA) is 83.1 Å². The fourth-order valence-corrected chi connectivity index (χ4v) is 4.03. The Kier molecular flexibility index (Phi) is 4.63. The van der Waals surface area contributed by atoms with Crippen molar-refractivity contribution in [3.63, 3.8) is 0 Å². The van der Waals surface area contributed by atoms with Gasteiger partial charge in [0.2, 0.25) is 5.91 Å². The van der Waals surface area contributed by atoms with Gasteiger partial charge in [-0.25, -0.2) is 9.97 Å². The summed E-state index contributed by atoms with van der Waals surface area (Å²) in [5.41, 5.74) is 2.12. The second-order valence-electron chi connectivity index (χ2n) is 7.22. The summed E-state index contributed by atoms with van der Waals surface area (Å²) in [5, 5.41) is 4.63. The van der Waals surface area contributed by atoms with E-state index in [0.717, 1.165) is 49.3 Å². The number of carbonyl (C=O) groups excluding carboxylic acids is 1. The number of anilines is 1. The van der Waals surface area contributed by atoms with Crippen molar-refractivity contribution in [2.24, 2.45) is 5.92 Å². The first kappa shape index (κ1) is 17.0. The zero-order valence-corrected chi connectivity index (χ0v) is 15.1. The lowest BCUT2D eigenvalue weighted by Gasteiger charge is -2.33. The highest BCUT2D eigenvalue weighted by atomic mass is 16.5. The Labute approximate surface area is 152 Å². The minimum atomic E-state index is -0.00736. The second kappa shape index (κ2) is 7.07. The second-order valence-corrected chi connectivity index (χ2v) is 7.22. The summed E-state index contributed by atoms with van der Waals surface area (Å²) in [7, 11) is 1.75. The Balaban J connectivity index is 1.56. The number of aromatic amines is 1. The minimum absolute atomic E-state index is 0.00736. The van der Waals surface area contributed by atoms with Crippen molar-refractivity contribution in [1.29, 1.82) is 0 Å². The van der Waals surface area contributed by atoms with Crippen LogP contribution in [-0.4, -0.2) is 58.6 Å². The molecule has 0 aromatic carbocycles. The van der Waals surface area contributed by atoms with Crippen molar-refractivity contribution in [3.05, 3.63) is 30.7 Å². The summed E-state index contributed by atoms with van der Waals surface area (Å²) in [6.45, 7) is 5.84. The number of aromatic nitrogens is 3. The van der Waals surface area contributed by atoms with Crippen LogP contribution in [0.4, 0.5) is 5.82 Å². The molecule has 7 nitrogen and oxygen atoms in total. The van der Waals surface area contributed by atoms with Gasteiger partial charge in [-0.1, -0.05) is 6.58 Å². The molecule has 2 aromatic heterocycles. The smallest absolute Gasteiger partial charge is 0.246 e. The van der Waals surface area contributed by atoms with Gasteiger partial charge in [-0.2, -0.15) is 0 Å². The number of methoxy groups -OCH3 is 1. The number of likely N-dealkylation sites (tertiary alicyclic amines) is 1. The van der Waals surface area contributed by atoms with Crippen molar-refractivity contribution in [1.82, 2.24) is 19.9 Å². The van der Waals surface area contributed by atoms with E-state index in [2.05, 4.69) is 33.0 Å². The van der Waals surface area contributed by atoms with E-state index in [4.69, 9.17) is 4.74 Å². The van der Waals surface area contributed by atoms with Crippen LogP contribution in [0.5, 0.6) is 0 Å². The lowest BCUT2D eigenvalue weighted by Crippen LogP contribution is -2.44. The lowest BCUT2D eigenvalue weighted by atomic mass is 10.0. The number of piperidine rings is 1. The first-order chi connectivity index (χ1) is 12.7. The summed E-state index contributed by atoms with van der Waals surface area (Å²) < 4.78 is 5.30. The Morgan fingerprint density at radius 2 is 2.42 bits per heavy atom.